The number of rotatable bonds is 3. The number of aromatic amines is 1. The van der Waals surface area contributed by atoms with Gasteiger partial charge in [-0.05, 0) is 50.3 Å². The molecule has 2 aromatic rings. The third-order valence-corrected chi connectivity index (χ3v) is 4.07. The summed E-state index contributed by atoms with van der Waals surface area (Å²) in [6, 6.07) is 3.54. The average molecular weight is 389 g/mol. The molecule has 1 aromatic heterocycles. The van der Waals surface area contributed by atoms with E-state index >= 15 is 0 Å². The van der Waals surface area contributed by atoms with Crippen LogP contribution in [0.25, 0.3) is 10.9 Å². The molecule has 0 radical (unpaired) electrons. The van der Waals surface area contributed by atoms with Crippen LogP contribution in [0.1, 0.15) is 19.5 Å². The summed E-state index contributed by atoms with van der Waals surface area (Å²) in [5, 5.41) is 0.566. The van der Waals surface area contributed by atoms with Crippen LogP contribution < -0.4 is 10.2 Å². The van der Waals surface area contributed by atoms with Gasteiger partial charge in [0.05, 0.1) is 22.5 Å². The highest BCUT2D eigenvalue weighted by atomic mass is 79.9. The zero-order valence-electron chi connectivity index (χ0n) is 11.0. The van der Waals surface area contributed by atoms with Crippen molar-refractivity contribution in [1.82, 2.24) is 4.98 Å². The van der Waals surface area contributed by atoms with Gasteiger partial charge in [0.25, 0.3) is 0 Å². The zero-order chi connectivity index (χ0) is 14.2. The van der Waals surface area contributed by atoms with Crippen LogP contribution in [0, 0.1) is 5.92 Å². The fourth-order valence-electron chi connectivity index (χ4n) is 2.14. The molecule has 0 saturated carbocycles. The Morgan fingerprint density at radius 3 is 2.53 bits per heavy atom. The van der Waals surface area contributed by atoms with E-state index in [9.17, 15) is 4.79 Å². The van der Waals surface area contributed by atoms with Crippen molar-refractivity contribution < 1.29 is 4.74 Å². The summed E-state index contributed by atoms with van der Waals surface area (Å²) in [4.78, 5) is 15.6. The number of H-pyrrole nitrogens is 1. The lowest BCUT2D eigenvalue weighted by molar-refractivity contribution is 0.417. The van der Waals surface area contributed by atoms with Gasteiger partial charge in [-0.1, -0.05) is 13.8 Å². The van der Waals surface area contributed by atoms with Crippen molar-refractivity contribution in [2.75, 3.05) is 7.11 Å². The zero-order valence-corrected chi connectivity index (χ0v) is 14.2. The third kappa shape index (κ3) is 2.87. The maximum Gasteiger partial charge on any atom is 0.193 e. The Labute approximate surface area is 128 Å². The Morgan fingerprint density at radius 1 is 1.26 bits per heavy atom. The molecule has 1 N–H and O–H groups in total. The number of aromatic nitrogens is 1. The smallest absolute Gasteiger partial charge is 0.193 e. The molecular formula is C14H15Br2NO2. The molecule has 3 nitrogen and oxygen atoms in total. The first-order valence-electron chi connectivity index (χ1n) is 6.02. The molecule has 0 aliphatic carbocycles. The van der Waals surface area contributed by atoms with Crippen LogP contribution in [-0.4, -0.2) is 12.1 Å². The fourth-order valence-corrected chi connectivity index (χ4v) is 3.56. The quantitative estimate of drug-likeness (QED) is 0.853. The lowest BCUT2D eigenvalue weighted by Crippen LogP contribution is -2.09. The molecule has 1 aromatic carbocycles. The highest BCUT2D eigenvalue weighted by Gasteiger charge is 2.15. The van der Waals surface area contributed by atoms with E-state index in [0.29, 0.717) is 17.1 Å². The van der Waals surface area contributed by atoms with Crippen LogP contribution in [0.4, 0.5) is 0 Å². The molecule has 0 aliphatic heterocycles. The van der Waals surface area contributed by atoms with Crippen LogP contribution >= 0.6 is 31.9 Å². The van der Waals surface area contributed by atoms with Gasteiger partial charge in [0.2, 0.25) is 0 Å². The average Bonchev–Trinajstić information content (AvgIpc) is 2.30. The van der Waals surface area contributed by atoms with E-state index in [1.54, 1.807) is 13.2 Å². The highest BCUT2D eigenvalue weighted by molar-refractivity contribution is 9.11. The molecule has 0 spiro atoms. The Kier molecular flexibility index (Phi) is 4.36. The van der Waals surface area contributed by atoms with Gasteiger partial charge in [0.15, 0.2) is 5.43 Å². The van der Waals surface area contributed by atoms with E-state index in [0.717, 1.165) is 26.6 Å². The first-order valence-corrected chi connectivity index (χ1v) is 7.60. The standard InChI is InChI=1S/C14H15Br2NO2/c1-7(2)4-8-5-11(18)12-13(17-8)9(15)6-10(16)14(12)19-3/h5-7H,4H2,1-3H3,(H,17,18). The number of methoxy groups -OCH3 is 1. The minimum Gasteiger partial charge on any atom is -0.495 e. The van der Waals surface area contributed by atoms with Gasteiger partial charge < -0.3 is 9.72 Å². The van der Waals surface area contributed by atoms with Crippen molar-refractivity contribution in [3.8, 4) is 5.75 Å². The van der Waals surface area contributed by atoms with Crippen LogP contribution in [0.15, 0.2) is 25.9 Å². The van der Waals surface area contributed by atoms with Gasteiger partial charge in [-0.15, -0.1) is 0 Å². The van der Waals surface area contributed by atoms with Gasteiger partial charge in [-0.3, -0.25) is 4.79 Å². The van der Waals surface area contributed by atoms with E-state index in [2.05, 4.69) is 50.7 Å². The minimum atomic E-state index is -0.0248. The largest absolute Gasteiger partial charge is 0.495 e. The number of ether oxygens (including phenoxy) is 1. The number of fused-ring (bicyclic) bond motifs is 1. The summed E-state index contributed by atoms with van der Waals surface area (Å²) in [6.45, 7) is 4.25. The molecule has 0 atom stereocenters. The summed E-state index contributed by atoms with van der Waals surface area (Å²) in [5.41, 5.74) is 1.70. The molecular weight excluding hydrogens is 374 g/mol. The fraction of sp³-hybridized carbons (Fsp3) is 0.357. The predicted molar refractivity (Wildman–Crippen MR) is 85.1 cm³/mol. The summed E-state index contributed by atoms with van der Waals surface area (Å²) >= 11 is 6.90. The number of pyridine rings is 1. The van der Waals surface area contributed by atoms with Crippen molar-refractivity contribution in [3.05, 3.63) is 37.0 Å². The molecule has 5 heteroatoms. The monoisotopic (exact) mass is 387 g/mol. The topological polar surface area (TPSA) is 42.1 Å². The molecule has 102 valence electrons. The molecule has 0 bridgehead atoms. The second-order valence-electron chi connectivity index (χ2n) is 4.88. The first kappa shape index (κ1) is 14.6. The van der Waals surface area contributed by atoms with E-state index in [4.69, 9.17) is 4.74 Å². The van der Waals surface area contributed by atoms with Crippen LogP contribution in [-0.2, 0) is 6.42 Å². The normalized spacial score (nSPS) is 11.3. The lowest BCUT2D eigenvalue weighted by Gasteiger charge is -2.12. The van der Waals surface area contributed by atoms with Crippen LogP contribution in [0.2, 0.25) is 0 Å². The molecule has 2 rings (SSSR count). The Balaban J connectivity index is 2.79. The molecule has 19 heavy (non-hydrogen) atoms. The lowest BCUT2D eigenvalue weighted by atomic mass is 10.1. The molecule has 0 aliphatic rings. The molecule has 1 heterocycles. The van der Waals surface area contributed by atoms with Crippen LogP contribution in [0.5, 0.6) is 5.75 Å². The predicted octanol–water partition coefficient (Wildman–Crippen LogP) is 4.26. The maximum atomic E-state index is 12.3. The number of nitrogens with one attached hydrogen (secondary N) is 1. The van der Waals surface area contributed by atoms with Gasteiger partial charge in [0.1, 0.15) is 5.75 Å². The Bertz CT molecular complexity index is 677. The van der Waals surface area contributed by atoms with Crippen molar-refractivity contribution in [2.45, 2.75) is 20.3 Å². The van der Waals surface area contributed by atoms with Crippen molar-refractivity contribution >= 4 is 42.8 Å². The highest BCUT2D eigenvalue weighted by Crippen LogP contribution is 2.35. The van der Waals surface area contributed by atoms with Gasteiger partial charge >= 0.3 is 0 Å². The third-order valence-electron chi connectivity index (χ3n) is 2.86. The molecule has 0 saturated heterocycles. The maximum absolute atomic E-state index is 12.3. The number of halogens is 2. The SMILES string of the molecule is COc1c(Br)cc(Br)c2[nH]c(CC(C)C)cc(=O)c12. The summed E-state index contributed by atoms with van der Waals surface area (Å²) in [7, 11) is 1.56. The van der Waals surface area contributed by atoms with Crippen LogP contribution in [0.3, 0.4) is 0 Å². The van der Waals surface area contributed by atoms with Gasteiger partial charge in [-0.2, -0.15) is 0 Å². The molecule has 0 amide bonds. The van der Waals surface area contributed by atoms with E-state index < -0.39 is 0 Å². The Hall–Kier alpha value is -0.810. The van der Waals surface area contributed by atoms with Crippen molar-refractivity contribution in [2.24, 2.45) is 5.92 Å². The van der Waals surface area contributed by atoms with E-state index in [1.165, 1.54) is 0 Å². The van der Waals surface area contributed by atoms with E-state index in [-0.39, 0.29) is 5.43 Å². The first-order chi connectivity index (χ1) is 8.93. The summed E-state index contributed by atoms with van der Waals surface area (Å²) in [6.07, 6.45) is 0.843. The van der Waals surface area contributed by atoms with Gasteiger partial charge in [-0.25, -0.2) is 0 Å². The summed E-state index contributed by atoms with van der Waals surface area (Å²) in [5.74, 6) is 1.06. The number of benzene rings is 1. The van der Waals surface area contributed by atoms with Gasteiger partial charge in [0, 0.05) is 16.2 Å². The number of hydrogen-bond acceptors (Lipinski definition) is 2. The molecule has 0 fully saturated rings. The second kappa shape index (κ2) is 5.67. The molecule has 0 unspecified atom stereocenters. The second-order valence-corrected chi connectivity index (χ2v) is 6.59. The summed E-state index contributed by atoms with van der Waals surface area (Å²) < 4.78 is 6.93. The minimum absolute atomic E-state index is 0.0248. The number of hydrogen-bond donors (Lipinski definition) is 1. The van der Waals surface area contributed by atoms with Crippen molar-refractivity contribution in [3.63, 3.8) is 0 Å². The van der Waals surface area contributed by atoms with Crippen molar-refractivity contribution in [1.29, 1.82) is 0 Å². The van der Waals surface area contributed by atoms with E-state index in [1.807, 2.05) is 6.07 Å². The Morgan fingerprint density at radius 2 is 1.95 bits per heavy atom.